The van der Waals surface area contributed by atoms with Crippen molar-refractivity contribution >= 4 is 5.52 Å². The van der Waals surface area contributed by atoms with Crippen LogP contribution < -0.4 is 5.56 Å². The molecule has 3 rings (SSSR count). The average Bonchev–Trinajstić information content (AvgIpc) is 2.95. The van der Waals surface area contributed by atoms with E-state index in [2.05, 4.69) is 15.0 Å². The van der Waals surface area contributed by atoms with Gasteiger partial charge in [0.05, 0.1) is 5.69 Å². The van der Waals surface area contributed by atoms with Crippen LogP contribution in [0.15, 0.2) is 47.8 Å². The third-order valence-corrected chi connectivity index (χ3v) is 3.57. The number of nitrogens with zero attached hydrogens (tertiary/aromatic N) is 5. The Kier molecular flexibility index (Phi) is 4.02. The molecule has 0 saturated heterocycles. The van der Waals surface area contributed by atoms with E-state index in [9.17, 15) is 4.79 Å². The van der Waals surface area contributed by atoms with Gasteiger partial charge in [-0.05, 0) is 45.3 Å². The number of pyridine rings is 1. The highest BCUT2D eigenvalue weighted by Gasteiger charge is 2.09. The molecule has 3 aromatic heterocycles. The fourth-order valence-corrected chi connectivity index (χ4v) is 2.41. The Labute approximate surface area is 128 Å². The van der Waals surface area contributed by atoms with Crippen LogP contribution in [0.2, 0.25) is 0 Å². The molecule has 0 aliphatic carbocycles. The molecule has 0 saturated carbocycles. The lowest BCUT2D eigenvalue weighted by Crippen LogP contribution is -2.23. The predicted octanol–water partition coefficient (Wildman–Crippen LogP) is 1.51. The molecule has 0 fully saturated rings. The molecule has 6 heteroatoms. The lowest BCUT2D eigenvalue weighted by atomic mass is 10.2. The molecule has 0 radical (unpaired) electrons. The predicted molar refractivity (Wildman–Crippen MR) is 85.9 cm³/mol. The number of hydrogen-bond donors (Lipinski definition) is 0. The highest BCUT2D eigenvalue weighted by molar-refractivity contribution is 5.64. The highest BCUT2D eigenvalue weighted by atomic mass is 16.1. The molecule has 114 valence electrons. The summed E-state index contributed by atoms with van der Waals surface area (Å²) >= 11 is 0. The minimum Gasteiger partial charge on any atom is -0.312 e. The van der Waals surface area contributed by atoms with Crippen molar-refractivity contribution in [2.24, 2.45) is 0 Å². The van der Waals surface area contributed by atoms with Crippen molar-refractivity contribution in [1.82, 2.24) is 24.1 Å². The number of fused-ring (bicyclic) bond motifs is 1. The normalized spacial score (nSPS) is 11.4. The largest absolute Gasteiger partial charge is 0.312 e. The topological polar surface area (TPSA) is 55.4 Å². The summed E-state index contributed by atoms with van der Waals surface area (Å²) in [5, 5.41) is 4.45. The molecule has 0 bridgehead atoms. The van der Waals surface area contributed by atoms with Crippen LogP contribution in [0.3, 0.4) is 0 Å². The SMILES string of the molecule is CN(C)CCCn1ccn2nc(-c3cccnc3)cc2c1=O. The lowest BCUT2D eigenvalue weighted by molar-refractivity contribution is 0.385. The molecule has 0 aromatic carbocycles. The van der Waals surface area contributed by atoms with E-state index in [1.54, 1.807) is 27.7 Å². The quantitative estimate of drug-likeness (QED) is 0.716. The van der Waals surface area contributed by atoms with E-state index in [1.165, 1.54) is 0 Å². The third kappa shape index (κ3) is 2.92. The van der Waals surface area contributed by atoms with E-state index < -0.39 is 0 Å². The first-order valence-corrected chi connectivity index (χ1v) is 7.29. The molecule has 6 nitrogen and oxygen atoms in total. The molecule has 0 N–H and O–H groups in total. The zero-order chi connectivity index (χ0) is 15.5. The van der Waals surface area contributed by atoms with Crippen molar-refractivity contribution in [2.75, 3.05) is 20.6 Å². The molecule has 0 aliphatic rings. The van der Waals surface area contributed by atoms with Gasteiger partial charge >= 0.3 is 0 Å². The second-order valence-corrected chi connectivity index (χ2v) is 5.55. The fourth-order valence-electron chi connectivity index (χ4n) is 2.41. The van der Waals surface area contributed by atoms with Gasteiger partial charge in [-0.3, -0.25) is 9.78 Å². The molecule has 3 aromatic rings. The van der Waals surface area contributed by atoms with E-state index >= 15 is 0 Å². The molecular weight excluding hydrogens is 278 g/mol. The minimum absolute atomic E-state index is 0.0103. The second kappa shape index (κ2) is 6.11. The van der Waals surface area contributed by atoms with Crippen LogP contribution >= 0.6 is 0 Å². The van der Waals surface area contributed by atoms with E-state index in [0.29, 0.717) is 12.1 Å². The van der Waals surface area contributed by atoms with Crippen LogP contribution in [0.1, 0.15) is 6.42 Å². The Bertz CT molecular complexity index is 819. The summed E-state index contributed by atoms with van der Waals surface area (Å²) in [7, 11) is 4.06. The van der Waals surface area contributed by atoms with Gasteiger partial charge in [0.1, 0.15) is 5.52 Å². The maximum absolute atomic E-state index is 12.5. The summed E-state index contributed by atoms with van der Waals surface area (Å²) in [6.45, 7) is 1.67. The van der Waals surface area contributed by atoms with Crippen molar-refractivity contribution < 1.29 is 0 Å². The van der Waals surface area contributed by atoms with Gasteiger partial charge in [-0.25, -0.2) is 4.52 Å². The first-order valence-electron chi connectivity index (χ1n) is 7.29. The first kappa shape index (κ1) is 14.5. The number of rotatable bonds is 5. The van der Waals surface area contributed by atoms with Crippen molar-refractivity contribution in [3.05, 3.63) is 53.3 Å². The van der Waals surface area contributed by atoms with Crippen LogP contribution in [-0.2, 0) is 6.54 Å². The third-order valence-electron chi connectivity index (χ3n) is 3.57. The smallest absolute Gasteiger partial charge is 0.276 e. The molecule has 0 spiro atoms. The fraction of sp³-hybridized carbons (Fsp3) is 0.312. The molecule has 3 heterocycles. The van der Waals surface area contributed by atoms with Crippen molar-refractivity contribution in [2.45, 2.75) is 13.0 Å². The van der Waals surface area contributed by atoms with Crippen molar-refractivity contribution in [3.8, 4) is 11.3 Å². The van der Waals surface area contributed by atoms with Gasteiger partial charge in [0.15, 0.2) is 0 Å². The van der Waals surface area contributed by atoms with Gasteiger partial charge < -0.3 is 9.47 Å². The van der Waals surface area contributed by atoms with Crippen LogP contribution in [0, 0.1) is 0 Å². The van der Waals surface area contributed by atoms with Gasteiger partial charge in [0.25, 0.3) is 5.56 Å². The monoisotopic (exact) mass is 297 g/mol. The number of aromatic nitrogens is 4. The first-order chi connectivity index (χ1) is 10.6. The van der Waals surface area contributed by atoms with Gasteiger partial charge in [-0.15, -0.1) is 0 Å². The standard InChI is InChI=1S/C16H19N5O/c1-19(2)7-4-8-20-9-10-21-15(16(20)22)11-14(18-21)13-5-3-6-17-12-13/h3,5-6,9-12H,4,7-8H2,1-2H3. The summed E-state index contributed by atoms with van der Waals surface area (Å²) in [5.74, 6) is 0. The zero-order valence-electron chi connectivity index (χ0n) is 12.8. The van der Waals surface area contributed by atoms with E-state index in [4.69, 9.17) is 0 Å². The van der Waals surface area contributed by atoms with Crippen LogP contribution in [0.25, 0.3) is 16.8 Å². The van der Waals surface area contributed by atoms with Crippen molar-refractivity contribution in [1.29, 1.82) is 0 Å². The molecule has 0 unspecified atom stereocenters. The maximum atomic E-state index is 12.5. The molecule has 0 aliphatic heterocycles. The van der Waals surface area contributed by atoms with Gasteiger partial charge in [0.2, 0.25) is 0 Å². The summed E-state index contributed by atoms with van der Waals surface area (Å²) in [4.78, 5) is 18.7. The zero-order valence-corrected chi connectivity index (χ0v) is 12.8. The molecular formula is C16H19N5O. The van der Waals surface area contributed by atoms with Crippen LogP contribution in [0.4, 0.5) is 0 Å². The minimum atomic E-state index is -0.0103. The Hall–Kier alpha value is -2.47. The summed E-state index contributed by atoms with van der Waals surface area (Å²) in [6.07, 6.45) is 8.03. The number of aryl methyl sites for hydroxylation is 1. The molecule has 0 atom stereocenters. The van der Waals surface area contributed by atoms with Gasteiger partial charge in [-0.2, -0.15) is 5.10 Å². The maximum Gasteiger partial charge on any atom is 0.276 e. The second-order valence-electron chi connectivity index (χ2n) is 5.55. The van der Waals surface area contributed by atoms with Crippen LogP contribution in [-0.4, -0.2) is 44.7 Å². The van der Waals surface area contributed by atoms with Gasteiger partial charge in [-0.1, -0.05) is 0 Å². The average molecular weight is 297 g/mol. The van der Waals surface area contributed by atoms with E-state index in [1.807, 2.05) is 38.5 Å². The Morgan fingerprint density at radius 2 is 2.14 bits per heavy atom. The summed E-state index contributed by atoms with van der Waals surface area (Å²) in [5.41, 5.74) is 2.25. The van der Waals surface area contributed by atoms with E-state index in [-0.39, 0.29) is 5.56 Å². The number of hydrogen-bond acceptors (Lipinski definition) is 4. The summed E-state index contributed by atoms with van der Waals surface area (Å²) < 4.78 is 3.38. The molecule has 22 heavy (non-hydrogen) atoms. The molecule has 0 amide bonds. The Morgan fingerprint density at radius 1 is 1.27 bits per heavy atom. The van der Waals surface area contributed by atoms with Gasteiger partial charge in [0, 0.05) is 36.9 Å². The van der Waals surface area contributed by atoms with Crippen LogP contribution in [0.5, 0.6) is 0 Å². The highest BCUT2D eigenvalue weighted by Crippen LogP contribution is 2.16. The van der Waals surface area contributed by atoms with E-state index in [0.717, 1.165) is 24.2 Å². The Balaban J connectivity index is 1.92. The Morgan fingerprint density at radius 3 is 2.86 bits per heavy atom. The lowest BCUT2D eigenvalue weighted by Gasteiger charge is -2.10. The summed E-state index contributed by atoms with van der Waals surface area (Å²) in [6, 6.07) is 5.62. The van der Waals surface area contributed by atoms with Crippen molar-refractivity contribution in [3.63, 3.8) is 0 Å².